The van der Waals surface area contributed by atoms with Crippen molar-refractivity contribution in [3.8, 4) is 5.75 Å². The van der Waals surface area contributed by atoms with Crippen LogP contribution in [0.4, 0.5) is 5.69 Å². The highest BCUT2D eigenvalue weighted by Crippen LogP contribution is 2.18. The van der Waals surface area contributed by atoms with E-state index < -0.39 is 5.97 Å². The Kier molecular flexibility index (Phi) is 6.14. The summed E-state index contributed by atoms with van der Waals surface area (Å²) in [5.41, 5.74) is 1.49. The van der Waals surface area contributed by atoms with Crippen molar-refractivity contribution in [2.45, 2.75) is 0 Å². The third kappa shape index (κ3) is 4.71. The first-order valence-electron chi connectivity index (χ1n) is 7.41. The van der Waals surface area contributed by atoms with Crippen molar-refractivity contribution in [2.24, 2.45) is 0 Å². The van der Waals surface area contributed by atoms with Gasteiger partial charge in [0.05, 0.1) is 7.11 Å². The van der Waals surface area contributed by atoms with Crippen molar-refractivity contribution >= 4 is 23.6 Å². The second-order valence-electron chi connectivity index (χ2n) is 4.97. The van der Waals surface area contributed by atoms with E-state index in [1.807, 2.05) is 36.4 Å². The van der Waals surface area contributed by atoms with Gasteiger partial charge in [0.2, 0.25) is 0 Å². The SMILES string of the molecule is COc1ccccc1/C=C/C(=O)OCC(=O)N(C)c1ccccc1. The third-order valence-corrected chi connectivity index (χ3v) is 3.39. The van der Waals surface area contributed by atoms with Crippen molar-refractivity contribution in [2.75, 3.05) is 25.7 Å². The number of likely N-dealkylation sites (N-methyl/N-ethyl adjacent to an activating group) is 1. The molecule has 1 amide bonds. The van der Waals surface area contributed by atoms with Gasteiger partial charge in [0, 0.05) is 24.4 Å². The van der Waals surface area contributed by atoms with Gasteiger partial charge in [-0.15, -0.1) is 0 Å². The Morgan fingerprint density at radius 2 is 1.71 bits per heavy atom. The molecule has 2 aromatic carbocycles. The maximum absolute atomic E-state index is 12.0. The fourth-order valence-electron chi connectivity index (χ4n) is 2.04. The predicted octanol–water partition coefficient (Wildman–Crippen LogP) is 2.91. The van der Waals surface area contributed by atoms with Crippen molar-refractivity contribution in [3.63, 3.8) is 0 Å². The fourth-order valence-corrected chi connectivity index (χ4v) is 2.04. The monoisotopic (exact) mass is 325 g/mol. The van der Waals surface area contributed by atoms with Gasteiger partial charge >= 0.3 is 5.97 Å². The quantitative estimate of drug-likeness (QED) is 0.605. The minimum atomic E-state index is -0.587. The Morgan fingerprint density at radius 1 is 1.04 bits per heavy atom. The Morgan fingerprint density at radius 3 is 2.42 bits per heavy atom. The smallest absolute Gasteiger partial charge is 0.331 e. The molecule has 5 nitrogen and oxygen atoms in total. The van der Waals surface area contributed by atoms with E-state index in [2.05, 4.69) is 0 Å². The van der Waals surface area contributed by atoms with E-state index in [1.54, 1.807) is 38.4 Å². The number of carbonyl (C=O) groups excluding carboxylic acids is 2. The van der Waals surface area contributed by atoms with Crippen LogP contribution in [0.15, 0.2) is 60.7 Å². The lowest BCUT2D eigenvalue weighted by atomic mass is 10.2. The number of hydrogen-bond acceptors (Lipinski definition) is 4. The Hall–Kier alpha value is -3.08. The first-order valence-corrected chi connectivity index (χ1v) is 7.41. The first kappa shape index (κ1) is 17.3. The molecule has 0 aliphatic carbocycles. The van der Waals surface area contributed by atoms with Gasteiger partial charge in [0.15, 0.2) is 6.61 Å². The molecule has 0 spiro atoms. The minimum absolute atomic E-state index is 0.305. The fraction of sp³-hybridized carbons (Fsp3) is 0.158. The highest BCUT2D eigenvalue weighted by molar-refractivity contribution is 5.96. The van der Waals surface area contributed by atoms with Crippen LogP contribution < -0.4 is 9.64 Å². The van der Waals surface area contributed by atoms with Gasteiger partial charge in [-0.1, -0.05) is 36.4 Å². The van der Waals surface area contributed by atoms with Crippen LogP contribution in [0.25, 0.3) is 6.08 Å². The molecule has 0 unspecified atom stereocenters. The molecule has 0 N–H and O–H groups in total. The molecule has 0 saturated carbocycles. The van der Waals surface area contributed by atoms with Gasteiger partial charge in [-0.3, -0.25) is 4.79 Å². The average molecular weight is 325 g/mol. The molecule has 124 valence electrons. The molecule has 0 atom stereocenters. The van der Waals surface area contributed by atoms with Crippen LogP contribution in [0.3, 0.4) is 0 Å². The lowest BCUT2D eigenvalue weighted by Crippen LogP contribution is -2.30. The minimum Gasteiger partial charge on any atom is -0.496 e. The number of hydrogen-bond donors (Lipinski definition) is 0. The number of para-hydroxylation sites is 2. The number of amides is 1. The summed E-state index contributed by atoms with van der Waals surface area (Å²) in [7, 11) is 3.19. The number of esters is 1. The topological polar surface area (TPSA) is 55.8 Å². The predicted molar refractivity (Wildman–Crippen MR) is 92.8 cm³/mol. The maximum atomic E-state index is 12.0. The van der Waals surface area contributed by atoms with E-state index in [1.165, 1.54) is 11.0 Å². The number of methoxy groups -OCH3 is 1. The van der Waals surface area contributed by atoms with E-state index >= 15 is 0 Å². The van der Waals surface area contributed by atoms with E-state index in [0.717, 1.165) is 11.3 Å². The Labute approximate surface area is 141 Å². The largest absolute Gasteiger partial charge is 0.496 e. The number of ether oxygens (including phenoxy) is 2. The lowest BCUT2D eigenvalue weighted by molar-refractivity contribution is -0.142. The molecule has 0 saturated heterocycles. The van der Waals surface area contributed by atoms with Crippen LogP contribution in [0.5, 0.6) is 5.75 Å². The molecular weight excluding hydrogens is 306 g/mol. The molecule has 24 heavy (non-hydrogen) atoms. The summed E-state index contributed by atoms with van der Waals surface area (Å²) >= 11 is 0. The molecule has 2 aromatic rings. The van der Waals surface area contributed by atoms with Crippen LogP contribution in [-0.2, 0) is 14.3 Å². The summed E-state index contributed by atoms with van der Waals surface area (Å²) in [6.07, 6.45) is 2.86. The lowest BCUT2D eigenvalue weighted by Gasteiger charge is -2.16. The molecule has 5 heteroatoms. The van der Waals surface area contributed by atoms with E-state index in [-0.39, 0.29) is 12.5 Å². The zero-order valence-electron chi connectivity index (χ0n) is 13.6. The zero-order chi connectivity index (χ0) is 17.4. The average Bonchev–Trinajstić information content (AvgIpc) is 2.64. The molecule has 2 rings (SSSR count). The molecule has 0 aromatic heterocycles. The summed E-state index contributed by atoms with van der Waals surface area (Å²) in [6.45, 7) is -0.319. The number of nitrogens with zero attached hydrogens (tertiary/aromatic N) is 1. The van der Waals surface area contributed by atoms with Crippen LogP contribution >= 0.6 is 0 Å². The number of anilines is 1. The molecule has 0 bridgehead atoms. The standard InChI is InChI=1S/C19H19NO4/c1-20(16-9-4-3-5-10-16)18(21)14-24-19(22)13-12-15-8-6-7-11-17(15)23-2/h3-13H,14H2,1-2H3/b13-12+. The number of carbonyl (C=O) groups is 2. The second kappa shape index (κ2) is 8.53. The summed E-state index contributed by atoms with van der Waals surface area (Å²) in [4.78, 5) is 25.2. The van der Waals surface area contributed by atoms with Crippen LogP contribution in [0.1, 0.15) is 5.56 Å². The number of rotatable bonds is 6. The van der Waals surface area contributed by atoms with Crippen LogP contribution in [0.2, 0.25) is 0 Å². The number of benzene rings is 2. The summed E-state index contributed by atoms with van der Waals surface area (Å²) in [5, 5.41) is 0. The maximum Gasteiger partial charge on any atom is 0.331 e. The van der Waals surface area contributed by atoms with Crippen molar-refractivity contribution in [1.82, 2.24) is 0 Å². The van der Waals surface area contributed by atoms with Gasteiger partial charge < -0.3 is 14.4 Å². The second-order valence-corrected chi connectivity index (χ2v) is 4.97. The van der Waals surface area contributed by atoms with Crippen molar-refractivity contribution in [1.29, 1.82) is 0 Å². The Bertz CT molecular complexity index is 725. The van der Waals surface area contributed by atoms with E-state index in [9.17, 15) is 9.59 Å². The highest BCUT2D eigenvalue weighted by atomic mass is 16.5. The molecule has 0 fully saturated rings. The van der Waals surface area contributed by atoms with Gasteiger partial charge in [-0.05, 0) is 24.3 Å². The summed E-state index contributed by atoms with van der Waals surface area (Å²) in [6, 6.07) is 16.4. The van der Waals surface area contributed by atoms with E-state index in [4.69, 9.17) is 9.47 Å². The molecule has 0 aliphatic rings. The highest BCUT2D eigenvalue weighted by Gasteiger charge is 2.12. The summed E-state index contributed by atoms with van der Waals surface area (Å²) < 4.78 is 10.2. The van der Waals surface area contributed by atoms with Gasteiger partial charge in [-0.2, -0.15) is 0 Å². The molecule has 0 radical (unpaired) electrons. The normalized spacial score (nSPS) is 10.4. The molecule has 0 aliphatic heterocycles. The van der Waals surface area contributed by atoms with Gasteiger partial charge in [-0.25, -0.2) is 4.79 Å². The van der Waals surface area contributed by atoms with E-state index in [0.29, 0.717) is 5.75 Å². The molecule has 0 heterocycles. The van der Waals surface area contributed by atoms with Crippen molar-refractivity contribution < 1.29 is 19.1 Å². The Balaban J connectivity index is 1.89. The van der Waals surface area contributed by atoms with Crippen LogP contribution in [-0.4, -0.2) is 32.6 Å². The zero-order valence-corrected chi connectivity index (χ0v) is 13.6. The first-order chi connectivity index (χ1) is 11.6. The summed E-state index contributed by atoms with van der Waals surface area (Å²) in [5.74, 6) is -0.239. The molecular formula is C19H19NO4. The van der Waals surface area contributed by atoms with Crippen LogP contribution in [0, 0.1) is 0 Å². The third-order valence-electron chi connectivity index (χ3n) is 3.39. The van der Waals surface area contributed by atoms with Gasteiger partial charge in [0.25, 0.3) is 5.91 Å². The van der Waals surface area contributed by atoms with Crippen molar-refractivity contribution in [3.05, 3.63) is 66.2 Å². The van der Waals surface area contributed by atoms with Gasteiger partial charge in [0.1, 0.15) is 5.75 Å².